The van der Waals surface area contributed by atoms with Gasteiger partial charge in [0.2, 0.25) is 5.91 Å². The summed E-state index contributed by atoms with van der Waals surface area (Å²) in [6.07, 6.45) is 5.34. The molecule has 4 heterocycles. The van der Waals surface area contributed by atoms with E-state index in [1.54, 1.807) is 48.5 Å². The summed E-state index contributed by atoms with van der Waals surface area (Å²) >= 11 is 0. The number of fused-ring (bicyclic) bond motifs is 1. The zero-order valence-corrected chi connectivity index (χ0v) is 30.5. The van der Waals surface area contributed by atoms with Gasteiger partial charge in [-0.25, -0.2) is 12.4 Å². The summed E-state index contributed by atoms with van der Waals surface area (Å²) in [5.74, 6) is 1.49. The molecule has 2 fully saturated rings. The Hall–Kier alpha value is -4.87. The monoisotopic (exact) mass is 707 g/mol. The quantitative estimate of drug-likeness (QED) is 0.200. The Kier molecular flexibility index (Phi) is 9.52. The van der Waals surface area contributed by atoms with Crippen LogP contribution in [0.25, 0.3) is 22.0 Å². The van der Waals surface area contributed by atoms with Gasteiger partial charge in [0.1, 0.15) is 17.9 Å². The summed E-state index contributed by atoms with van der Waals surface area (Å²) in [6, 6.07) is 25.0. The van der Waals surface area contributed by atoms with E-state index in [2.05, 4.69) is 46.2 Å². The van der Waals surface area contributed by atoms with E-state index in [1.165, 1.54) is 16.3 Å². The van der Waals surface area contributed by atoms with Crippen molar-refractivity contribution in [3.63, 3.8) is 0 Å². The third-order valence-corrected chi connectivity index (χ3v) is 12.3. The lowest BCUT2D eigenvalue weighted by Gasteiger charge is -2.37. The van der Waals surface area contributed by atoms with Crippen LogP contribution in [0.1, 0.15) is 36.8 Å². The van der Waals surface area contributed by atoms with Crippen LogP contribution in [-0.2, 0) is 21.9 Å². The molecule has 51 heavy (non-hydrogen) atoms. The molecule has 0 unspecified atom stereocenters. The van der Waals surface area contributed by atoms with Crippen LogP contribution in [0.15, 0.2) is 101 Å². The van der Waals surface area contributed by atoms with Crippen LogP contribution in [0, 0.1) is 6.92 Å². The Balaban J connectivity index is 0.987. The van der Waals surface area contributed by atoms with Crippen molar-refractivity contribution in [1.82, 2.24) is 18.3 Å². The van der Waals surface area contributed by atoms with E-state index in [0.29, 0.717) is 17.9 Å². The number of carbonyl (C=O) groups is 1. The molecule has 0 N–H and O–H groups in total. The average Bonchev–Trinajstić information content (AvgIpc) is 3.61. The number of aryl methyl sites for hydroxylation is 2. The second-order valence-corrected chi connectivity index (χ2v) is 15.7. The van der Waals surface area contributed by atoms with Crippen molar-refractivity contribution in [2.24, 2.45) is 7.05 Å². The molecule has 10 nitrogen and oxygen atoms in total. The number of nitrogens with zero attached hydrogens (tertiary/aromatic N) is 5. The molecular formula is C40H45N5O5S. The molecule has 2 aliphatic heterocycles. The highest BCUT2D eigenvalue weighted by molar-refractivity contribution is 7.90. The van der Waals surface area contributed by atoms with Crippen molar-refractivity contribution in [2.75, 3.05) is 51.3 Å². The number of anilines is 1. The lowest BCUT2D eigenvalue weighted by molar-refractivity contribution is -0.139. The fourth-order valence-electron chi connectivity index (χ4n) is 7.39. The van der Waals surface area contributed by atoms with E-state index in [9.17, 15) is 18.0 Å². The number of piperazine rings is 1. The molecule has 266 valence electrons. The Labute approximate surface area is 299 Å². The van der Waals surface area contributed by atoms with Crippen molar-refractivity contribution in [1.29, 1.82) is 0 Å². The molecule has 2 aromatic heterocycles. The smallest absolute Gasteiger partial charge is 0.275 e. The largest absolute Gasteiger partial charge is 0.492 e. The maximum Gasteiger partial charge on any atom is 0.275 e. The second-order valence-electron chi connectivity index (χ2n) is 13.8. The molecule has 7 rings (SSSR count). The van der Waals surface area contributed by atoms with Crippen LogP contribution in [0.4, 0.5) is 5.69 Å². The van der Waals surface area contributed by atoms with Crippen molar-refractivity contribution in [3.05, 3.63) is 113 Å². The van der Waals surface area contributed by atoms with Crippen molar-refractivity contribution < 1.29 is 17.9 Å². The van der Waals surface area contributed by atoms with E-state index in [0.717, 1.165) is 77.7 Å². The number of hydrogen-bond acceptors (Lipinski definition) is 7. The molecule has 1 amide bonds. The minimum atomic E-state index is -3.96. The summed E-state index contributed by atoms with van der Waals surface area (Å²) in [5, 5.41) is 0.597. The van der Waals surface area contributed by atoms with E-state index in [4.69, 9.17) is 4.74 Å². The van der Waals surface area contributed by atoms with Gasteiger partial charge in [0.15, 0.2) is 0 Å². The summed E-state index contributed by atoms with van der Waals surface area (Å²) in [5.41, 5.74) is 4.89. The molecule has 0 bridgehead atoms. The number of piperidine rings is 1. The predicted molar refractivity (Wildman–Crippen MR) is 201 cm³/mol. The molecule has 0 saturated carbocycles. The number of benzene rings is 3. The van der Waals surface area contributed by atoms with Gasteiger partial charge in [-0.2, -0.15) is 0 Å². The van der Waals surface area contributed by atoms with Gasteiger partial charge in [0, 0.05) is 75.8 Å². The maximum absolute atomic E-state index is 13.6. The van der Waals surface area contributed by atoms with Crippen LogP contribution < -0.4 is 15.2 Å². The van der Waals surface area contributed by atoms with E-state index < -0.39 is 10.0 Å². The average molecular weight is 708 g/mol. The van der Waals surface area contributed by atoms with Crippen molar-refractivity contribution in [3.8, 4) is 16.9 Å². The van der Waals surface area contributed by atoms with Gasteiger partial charge in [-0.05, 0) is 86.2 Å². The number of pyridine rings is 1. The number of amides is 1. The van der Waals surface area contributed by atoms with Gasteiger partial charge in [-0.3, -0.25) is 14.5 Å². The molecule has 5 aromatic rings. The Morgan fingerprint density at radius 3 is 2.20 bits per heavy atom. The van der Waals surface area contributed by atoms with Crippen LogP contribution >= 0.6 is 0 Å². The van der Waals surface area contributed by atoms with E-state index in [1.807, 2.05) is 33.0 Å². The zero-order chi connectivity index (χ0) is 35.9. The first-order chi connectivity index (χ1) is 24.5. The molecular weight excluding hydrogens is 663 g/mol. The van der Waals surface area contributed by atoms with Gasteiger partial charge in [-0.15, -0.1) is 0 Å². The first kappa shape index (κ1) is 34.6. The van der Waals surface area contributed by atoms with Crippen LogP contribution in [-0.4, -0.2) is 85.1 Å². The Morgan fingerprint density at radius 2 is 1.51 bits per heavy atom. The molecule has 11 heteroatoms. The number of hydrogen-bond donors (Lipinski definition) is 0. The van der Waals surface area contributed by atoms with Gasteiger partial charge in [0.05, 0.1) is 10.9 Å². The zero-order valence-electron chi connectivity index (χ0n) is 29.7. The molecule has 0 radical (unpaired) electrons. The molecule has 2 saturated heterocycles. The minimum Gasteiger partial charge on any atom is -0.492 e. The fraction of sp³-hybridized carbons (Fsp3) is 0.350. The second kappa shape index (κ2) is 14.0. The number of ether oxygens (including phenoxy) is 1. The number of likely N-dealkylation sites (N-methyl/N-ethyl adjacent to an activating group) is 1. The minimum absolute atomic E-state index is 0.110. The van der Waals surface area contributed by atoms with Crippen molar-refractivity contribution >= 4 is 32.5 Å². The summed E-state index contributed by atoms with van der Waals surface area (Å²) in [7, 11) is -0.449. The van der Waals surface area contributed by atoms with Crippen LogP contribution in [0.3, 0.4) is 0 Å². The summed E-state index contributed by atoms with van der Waals surface area (Å²) in [6.45, 7) is 8.63. The van der Waals surface area contributed by atoms with Crippen LogP contribution in [0.5, 0.6) is 5.75 Å². The third kappa shape index (κ3) is 6.80. The maximum atomic E-state index is 13.6. The predicted octanol–water partition coefficient (Wildman–Crippen LogP) is 5.48. The Bertz CT molecular complexity index is 2200. The first-order valence-electron chi connectivity index (χ1n) is 17.6. The molecule has 2 aliphatic rings. The molecule has 0 spiro atoms. The normalized spacial score (nSPS) is 17.7. The SMILES string of the molecule is Cc1ccc(S(=O)(=O)n2ccc3c(-c4ccc(N5CCC(c6ccc(OCCN7CCN(C)C(=O)[C@H]7C)cc6)CC5)cc4)cn(C)c(=O)c32)cc1. The van der Waals surface area contributed by atoms with Crippen LogP contribution in [0.2, 0.25) is 0 Å². The fourth-order valence-corrected chi connectivity index (χ4v) is 8.73. The lowest BCUT2D eigenvalue weighted by Crippen LogP contribution is -2.55. The molecule has 3 aromatic carbocycles. The number of rotatable bonds is 9. The van der Waals surface area contributed by atoms with E-state index in [-0.39, 0.29) is 27.9 Å². The van der Waals surface area contributed by atoms with Crippen molar-refractivity contribution in [2.45, 2.75) is 43.5 Å². The number of aromatic nitrogens is 2. The van der Waals surface area contributed by atoms with Gasteiger partial charge in [-0.1, -0.05) is 42.0 Å². The summed E-state index contributed by atoms with van der Waals surface area (Å²) < 4.78 is 35.8. The van der Waals surface area contributed by atoms with Gasteiger partial charge >= 0.3 is 0 Å². The first-order valence-corrected chi connectivity index (χ1v) is 19.1. The molecule has 1 atom stereocenters. The van der Waals surface area contributed by atoms with E-state index >= 15 is 0 Å². The highest BCUT2D eigenvalue weighted by atomic mass is 32.2. The van der Waals surface area contributed by atoms with Gasteiger partial charge < -0.3 is 19.1 Å². The topological polar surface area (TPSA) is 97.1 Å². The highest BCUT2D eigenvalue weighted by Gasteiger charge is 2.29. The lowest BCUT2D eigenvalue weighted by atomic mass is 9.89. The third-order valence-electron chi connectivity index (χ3n) is 10.6. The highest BCUT2D eigenvalue weighted by Crippen LogP contribution is 2.34. The number of carbonyl (C=O) groups excluding carboxylic acids is 1. The Morgan fingerprint density at radius 1 is 0.824 bits per heavy atom. The van der Waals surface area contributed by atoms with Gasteiger partial charge in [0.25, 0.3) is 15.6 Å². The standard InChI is InChI=1S/C40H45N5O5S/c1-28-5-15-35(16-6-28)51(48,49)45-22-19-36-37(27-42(4)40(47)38(36)45)32-7-11-33(12-8-32)44-20-17-31(18-21-44)30-9-13-34(14-10-30)50-26-25-43-24-23-41(3)39(46)29(43)2/h5-16,19,22,27,29,31H,17-18,20-21,23-26H2,1-4H3/t29-/m1/s1. The summed E-state index contributed by atoms with van der Waals surface area (Å²) in [4.78, 5) is 32.1. The molecule has 0 aliphatic carbocycles.